The van der Waals surface area contributed by atoms with Crippen LogP contribution in [-0.2, 0) is 33.2 Å². The second kappa shape index (κ2) is 14.1. The van der Waals surface area contributed by atoms with E-state index in [-0.39, 0.29) is 36.6 Å². The van der Waals surface area contributed by atoms with Crippen molar-refractivity contribution in [3.63, 3.8) is 0 Å². The van der Waals surface area contributed by atoms with E-state index in [9.17, 15) is 40.3 Å². The summed E-state index contributed by atoms with van der Waals surface area (Å²) in [7, 11) is 0. The molecule has 4 N–H and O–H groups in total. The van der Waals surface area contributed by atoms with Gasteiger partial charge in [0.15, 0.2) is 6.29 Å². The molecule has 17 heteroatoms. The molecule has 5 rings (SSSR count). The number of hydrogen-bond acceptors (Lipinski definition) is 7. The number of halogens is 7. The minimum atomic E-state index is -5.01. The van der Waals surface area contributed by atoms with Crippen molar-refractivity contribution in [1.82, 2.24) is 25.4 Å². The van der Waals surface area contributed by atoms with Gasteiger partial charge in [-0.3, -0.25) is 14.7 Å². The van der Waals surface area contributed by atoms with Gasteiger partial charge in [-0.1, -0.05) is 12.1 Å². The van der Waals surface area contributed by atoms with Gasteiger partial charge in [-0.05, 0) is 67.8 Å². The standard InChI is InChI=1S/C23H21F7N4O3.C5H9NO2/c1-12(14-8-15(22(25,26)27)10-16(9-14)23(28,29)30)37-20-19(13-2-4-17(24)5-3-13)34(6-7-36-20)11-18-31-21(35)33-32-18;7-5(8)4-2-1-3-6-4/h2-5,8-10,12,19-20H,6-7,11H2,1H3,(H2,31,32,33,35);4,6H,1-3H2,(H,7,8)/t12-,19+,20-;4-/m10/s1. The number of alkyl halides is 6. The van der Waals surface area contributed by atoms with Crippen molar-refractivity contribution in [3.8, 4) is 0 Å². The maximum Gasteiger partial charge on any atom is 0.416 e. The number of carbonyl (C=O) groups is 1. The van der Waals surface area contributed by atoms with Gasteiger partial charge in [0.05, 0.1) is 36.4 Å². The van der Waals surface area contributed by atoms with Gasteiger partial charge in [-0.15, -0.1) is 0 Å². The van der Waals surface area contributed by atoms with Crippen molar-refractivity contribution < 1.29 is 50.1 Å². The van der Waals surface area contributed by atoms with Crippen LogP contribution < -0.4 is 11.0 Å². The zero-order valence-corrected chi connectivity index (χ0v) is 23.7. The van der Waals surface area contributed by atoms with E-state index in [0.717, 1.165) is 19.4 Å². The summed E-state index contributed by atoms with van der Waals surface area (Å²) in [5.74, 6) is -0.959. The first-order chi connectivity index (χ1) is 21.1. The van der Waals surface area contributed by atoms with Crippen LogP contribution >= 0.6 is 0 Å². The maximum absolute atomic E-state index is 13.6. The predicted molar refractivity (Wildman–Crippen MR) is 143 cm³/mol. The Kier molecular flexibility index (Phi) is 10.7. The number of aliphatic carboxylic acids is 1. The molecule has 2 saturated heterocycles. The van der Waals surface area contributed by atoms with Gasteiger partial charge in [0.1, 0.15) is 17.7 Å². The molecule has 0 bridgehead atoms. The van der Waals surface area contributed by atoms with Crippen LogP contribution in [0.5, 0.6) is 0 Å². The van der Waals surface area contributed by atoms with Crippen LogP contribution in [0.3, 0.4) is 0 Å². The molecule has 1 aromatic heterocycles. The summed E-state index contributed by atoms with van der Waals surface area (Å²) < 4.78 is 105. The van der Waals surface area contributed by atoms with Gasteiger partial charge in [0.2, 0.25) is 0 Å². The maximum atomic E-state index is 13.6. The zero-order valence-electron chi connectivity index (χ0n) is 23.7. The van der Waals surface area contributed by atoms with Crippen molar-refractivity contribution in [2.24, 2.45) is 0 Å². The van der Waals surface area contributed by atoms with E-state index >= 15 is 0 Å². The molecular weight excluding hydrogens is 619 g/mol. The highest BCUT2D eigenvalue weighted by molar-refractivity contribution is 5.73. The fraction of sp³-hybridized carbons (Fsp3) is 0.464. The molecule has 3 aromatic rings. The number of benzene rings is 2. The fourth-order valence-electron chi connectivity index (χ4n) is 4.97. The van der Waals surface area contributed by atoms with Crippen molar-refractivity contribution in [3.05, 3.63) is 86.8 Å². The second-order valence-corrected chi connectivity index (χ2v) is 10.4. The molecule has 2 aromatic carbocycles. The van der Waals surface area contributed by atoms with E-state index in [1.165, 1.54) is 31.2 Å². The lowest BCUT2D eigenvalue weighted by Gasteiger charge is -2.41. The third-order valence-electron chi connectivity index (χ3n) is 7.20. The van der Waals surface area contributed by atoms with Crippen LogP contribution in [-0.4, -0.2) is 63.2 Å². The summed E-state index contributed by atoms with van der Waals surface area (Å²) in [6.45, 7) is 2.68. The Hall–Kier alpha value is -3.80. The molecule has 0 spiro atoms. The van der Waals surface area contributed by atoms with E-state index in [4.69, 9.17) is 14.6 Å². The smallest absolute Gasteiger partial charge is 0.416 e. The van der Waals surface area contributed by atoms with E-state index in [2.05, 4.69) is 20.5 Å². The van der Waals surface area contributed by atoms with Crippen LogP contribution in [0.25, 0.3) is 0 Å². The second-order valence-electron chi connectivity index (χ2n) is 10.4. The largest absolute Gasteiger partial charge is 0.480 e. The lowest BCUT2D eigenvalue weighted by Crippen LogP contribution is -2.46. The summed E-state index contributed by atoms with van der Waals surface area (Å²) in [6.07, 6.45) is -10.6. The number of hydrogen-bond donors (Lipinski definition) is 4. The molecular formula is C28H30F7N5O5. The molecule has 0 amide bonds. The Bertz CT molecular complexity index is 1450. The van der Waals surface area contributed by atoms with Crippen LogP contribution in [0, 0.1) is 5.82 Å². The minimum Gasteiger partial charge on any atom is -0.480 e. The Morgan fingerprint density at radius 1 is 1.11 bits per heavy atom. The molecule has 2 aliphatic rings. The molecule has 0 saturated carbocycles. The first-order valence-electron chi connectivity index (χ1n) is 13.8. The average Bonchev–Trinajstić information content (AvgIpc) is 3.65. The first kappa shape index (κ1) is 34.1. The SMILES string of the molecule is C[C@@H](O[C@H]1OCCN(Cc2n[nH]c(=O)[nH]2)[C@H]1c1ccc(F)cc1)c1cc(C(F)(F)F)cc(C(F)(F)F)c1.O=C(O)[C@@H]1CCCN1. The van der Waals surface area contributed by atoms with Crippen molar-refractivity contribution in [2.45, 2.75) is 63.1 Å². The molecule has 2 aliphatic heterocycles. The van der Waals surface area contributed by atoms with Crippen LogP contribution in [0.2, 0.25) is 0 Å². The lowest BCUT2D eigenvalue weighted by atomic mass is 10.0. The summed E-state index contributed by atoms with van der Waals surface area (Å²) in [4.78, 5) is 25.9. The lowest BCUT2D eigenvalue weighted by molar-refractivity contribution is -0.231. The van der Waals surface area contributed by atoms with Crippen LogP contribution in [0.1, 0.15) is 60.0 Å². The summed E-state index contributed by atoms with van der Waals surface area (Å²) in [6, 6.07) is 5.53. The fourth-order valence-corrected chi connectivity index (χ4v) is 4.97. The Morgan fingerprint density at radius 2 is 1.76 bits per heavy atom. The predicted octanol–water partition coefficient (Wildman–Crippen LogP) is 4.78. The number of nitrogens with one attached hydrogen (secondary N) is 3. The molecule has 246 valence electrons. The number of aromatic amines is 2. The van der Waals surface area contributed by atoms with Crippen LogP contribution in [0.15, 0.2) is 47.3 Å². The van der Waals surface area contributed by atoms with Crippen molar-refractivity contribution >= 4 is 5.97 Å². The monoisotopic (exact) mass is 649 g/mol. The molecule has 4 atom stereocenters. The number of ether oxygens (including phenoxy) is 2. The van der Waals surface area contributed by atoms with Crippen molar-refractivity contribution in [1.29, 1.82) is 0 Å². The summed E-state index contributed by atoms with van der Waals surface area (Å²) in [5.41, 5.74) is -3.30. The molecule has 0 unspecified atom stereocenters. The van der Waals surface area contributed by atoms with E-state index < -0.39 is 59.4 Å². The Balaban J connectivity index is 0.000000501. The van der Waals surface area contributed by atoms with Gasteiger partial charge in [0, 0.05) is 6.54 Å². The van der Waals surface area contributed by atoms with Gasteiger partial charge < -0.3 is 19.9 Å². The minimum absolute atomic E-state index is 0.0427. The van der Waals surface area contributed by atoms with Crippen LogP contribution in [0.4, 0.5) is 30.7 Å². The van der Waals surface area contributed by atoms with Gasteiger partial charge in [0.25, 0.3) is 0 Å². The first-order valence-corrected chi connectivity index (χ1v) is 13.8. The highest BCUT2D eigenvalue weighted by Gasteiger charge is 2.39. The highest BCUT2D eigenvalue weighted by Crippen LogP contribution is 2.39. The Labute approximate surface area is 251 Å². The summed E-state index contributed by atoms with van der Waals surface area (Å²) in [5, 5.41) is 17.3. The molecule has 0 aliphatic carbocycles. The third-order valence-corrected chi connectivity index (χ3v) is 7.20. The number of H-pyrrole nitrogens is 2. The highest BCUT2D eigenvalue weighted by atomic mass is 19.4. The molecule has 45 heavy (non-hydrogen) atoms. The normalized spacial score (nSPS) is 21.6. The van der Waals surface area contributed by atoms with Gasteiger partial charge >= 0.3 is 24.0 Å². The summed E-state index contributed by atoms with van der Waals surface area (Å²) >= 11 is 0. The number of nitrogens with zero attached hydrogens (tertiary/aromatic N) is 2. The quantitative estimate of drug-likeness (QED) is 0.269. The van der Waals surface area contributed by atoms with Gasteiger partial charge in [-0.2, -0.15) is 31.4 Å². The number of aromatic nitrogens is 3. The van der Waals surface area contributed by atoms with E-state index in [0.29, 0.717) is 24.2 Å². The van der Waals surface area contributed by atoms with Gasteiger partial charge in [-0.25, -0.2) is 14.3 Å². The number of carboxylic acid groups (broad SMARTS) is 1. The number of morpholine rings is 1. The third kappa shape index (κ3) is 9.12. The number of rotatable bonds is 7. The average molecular weight is 650 g/mol. The van der Waals surface area contributed by atoms with Crippen molar-refractivity contribution in [2.75, 3.05) is 19.7 Å². The molecule has 10 nitrogen and oxygen atoms in total. The molecule has 3 heterocycles. The zero-order chi connectivity index (χ0) is 32.9. The number of carboxylic acids is 1. The molecule has 0 radical (unpaired) electrons. The Morgan fingerprint density at radius 3 is 2.24 bits per heavy atom. The topological polar surface area (TPSA) is 133 Å². The molecule has 2 fully saturated rings. The van der Waals surface area contributed by atoms with E-state index in [1.54, 1.807) is 4.90 Å². The van der Waals surface area contributed by atoms with E-state index in [1.807, 2.05) is 0 Å².